The molecular weight excluding hydrogens is 175 g/mol. The number of hydrogen-bond donors (Lipinski definition) is 0. The highest BCUT2D eigenvalue weighted by Crippen LogP contribution is 2.43. The molecule has 0 aromatic heterocycles. The Balaban J connectivity index is 2.12. The van der Waals surface area contributed by atoms with E-state index in [0.717, 1.165) is 14.2 Å². The largest absolute Gasteiger partial charge is 0.0821 e. The number of fused-ring (bicyclic) bond motifs is 3. The Bertz CT molecular complexity index is 390. The van der Waals surface area contributed by atoms with Crippen LogP contribution in [0.1, 0.15) is 11.5 Å². The van der Waals surface area contributed by atoms with E-state index in [9.17, 15) is 0 Å². The number of rotatable bonds is 0. The summed E-state index contributed by atoms with van der Waals surface area (Å²) in [6.07, 6.45) is 9.04. The fourth-order valence-corrected chi connectivity index (χ4v) is 3.79. The van der Waals surface area contributed by atoms with Gasteiger partial charge in [0.15, 0.2) is 0 Å². The molecule has 64 valence electrons. The topological polar surface area (TPSA) is 0 Å². The molecule has 0 bridgehead atoms. The first-order valence-electron chi connectivity index (χ1n) is 4.65. The molecule has 3 rings (SSSR count). The zero-order valence-electron chi connectivity index (χ0n) is 7.27. The van der Waals surface area contributed by atoms with Gasteiger partial charge in [0.25, 0.3) is 0 Å². The Morgan fingerprint density at radius 3 is 2.85 bits per heavy atom. The predicted molar refractivity (Wildman–Crippen MR) is 59.2 cm³/mol. The van der Waals surface area contributed by atoms with Crippen LogP contribution in [0.15, 0.2) is 48.6 Å². The summed E-state index contributed by atoms with van der Waals surface area (Å²) in [6, 6.07) is 8.85. The first kappa shape index (κ1) is 7.53. The molecule has 0 radical (unpaired) electrons. The predicted octanol–water partition coefficient (Wildman–Crippen LogP) is 2.58. The Labute approximate surface area is 80.1 Å². The molecule has 0 spiro atoms. The lowest BCUT2D eigenvalue weighted by atomic mass is 9.93. The monoisotopic (exact) mass is 186 g/mol. The van der Waals surface area contributed by atoms with Crippen molar-refractivity contribution in [1.29, 1.82) is 0 Å². The van der Waals surface area contributed by atoms with Crippen LogP contribution in [0.25, 0.3) is 0 Å². The maximum absolute atomic E-state index is 2.35. The van der Waals surface area contributed by atoms with E-state index in [-0.39, 0.29) is 0 Å². The molecule has 3 atom stereocenters. The smallest absolute Gasteiger partial charge is 0.0130 e. The molecule has 1 heteroatoms. The normalized spacial score (nSPS) is 30.5. The summed E-state index contributed by atoms with van der Waals surface area (Å²) < 4.78 is 0. The van der Waals surface area contributed by atoms with Gasteiger partial charge in [0.1, 0.15) is 0 Å². The van der Waals surface area contributed by atoms with Crippen molar-refractivity contribution in [2.75, 3.05) is 0 Å². The SMILES string of the molecule is C1=CC2Pc3ccccc3C2C=C1. The van der Waals surface area contributed by atoms with Crippen LogP contribution in [0.5, 0.6) is 0 Å². The fraction of sp³-hybridized carbons (Fsp3) is 0.167. The fourth-order valence-electron chi connectivity index (χ4n) is 2.14. The van der Waals surface area contributed by atoms with Gasteiger partial charge in [0, 0.05) is 11.6 Å². The van der Waals surface area contributed by atoms with Gasteiger partial charge >= 0.3 is 0 Å². The molecule has 1 aromatic rings. The standard InChI is InChI=1S/C12H11P/c1-3-7-11-9(5-1)10-6-2-4-8-12(10)13-11/h1-9,11,13H. The Hall–Kier alpha value is -0.870. The van der Waals surface area contributed by atoms with Gasteiger partial charge in [-0.2, -0.15) is 0 Å². The summed E-state index contributed by atoms with van der Waals surface area (Å²) in [4.78, 5) is 0. The second-order valence-electron chi connectivity index (χ2n) is 3.55. The Morgan fingerprint density at radius 2 is 1.85 bits per heavy atom. The molecule has 1 heterocycles. The summed E-state index contributed by atoms with van der Waals surface area (Å²) in [5, 5.41) is 1.56. The lowest BCUT2D eigenvalue weighted by Crippen LogP contribution is -2.06. The third kappa shape index (κ3) is 1.09. The molecule has 0 fully saturated rings. The second-order valence-corrected chi connectivity index (χ2v) is 5.05. The summed E-state index contributed by atoms with van der Waals surface area (Å²) in [6.45, 7) is 0. The average molecular weight is 186 g/mol. The Kier molecular flexibility index (Phi) is 1.63. The van der Waals surface area contributed by atoms with Crippen molar-refractivity contribution < 1.29 is 0 Å². The van der Waals surface area contributed by atoms with E-state index in [0.29, 0.717) is 5.92 Å². The third-order valence-corrected chi connectivity index (χ3v) is 4.43. The van der Waals surface area contributed by atoms with Crippen molar-refractivity contribution >= 4 is 13.9 Å². The van der Waals surface area contributed by atoms with Crippen molar-refractivity contribution in [1.82, 2.24) is 0 Å². The second kappa shape index (κ2) is 2.82. The van der Waals surface area contributed by atoms with Gasteiger partial charge in [-0.25, -0.2) is 0 Å². The Morgan fingerprint density at radius 1 is 1.00 bits per heavy atom. The zero-order chi connectivity index (χ0) is 8.67. The van der Waals surface area contributed by atoms with E-state index in [1.54, 1.807) is 10.9 Å². The third-order valence-electron chi connectivity index (χ3n) is 2.78. The van der Waals surface area contributed by atoms with Gasteiger partial charge in [-0.15, -0.1) is 0 Å². The highest BCUT2D eigenvalue weighted by Gasteiger charge is 2.29. The van der Waals surface area contributed by atoms with Crippen molar-refractivity contribution in [3.8, 4) is 0 Å². The van der Waals surface area contributed by atoms with Crippen molar-refractivity contribution in [3.05, 3.63) is 54.1 Å². The quantitative estimate of drug-likeness (QED) is 0.546. The summed E-state index contributed by atoms with van der Waals surface area (Å²) in [5.41, 5.74) is 2.30. The van der Waals surface area contributed by atoms with E-state index in [1.807, 2.05) is 0 Å². The zero-order valence-corrected chi connectivity index (χ0v) is 8.27. The van der Waals surface area contributed by atoms with Gasteiger partial charge in [-0.1, -0.05) is 57.2 Å². The van der Waals surface area contributed by atoms with Crippen LogP contribution in [0.2, 0.25) is 0 Å². The number of hydrogen-bond acceptors (Lipinski definition) is 0. The lowest BCUT2D eigenvalue weighted by Gasteiger charge is -2.14. The van der Waals surface area contributed by atoms with Crippen molar-refractivity contribution in [3.63, 3.8) is 0 Å². The molecular formula is C12H11P. The van der Waals surface area contributed by atoms with Crippen molar-refractivity contribution in [2.24, 2.45) is 0 Å². The maximum Gasteiger partial charge on any atom is 0.0130 e. The van der Waals surface area contributed by atoms with Gasteiger partial charge in [-0.05, 0) is 10.9 Å². The van der Waals surface area contributed by atoms with E-state index >= 15 is 0 Å². The van der Waals surface area contributed by atoms with E-state index < -0.39 is 0 Å². The van der Waals surface area contributed by atoms with Gasteiger partial charge in [-0.3, -0.25) is 0 Å². The molecule has 2 aliphatic rings. The average Bonchev–Trinajstić information content (AvgIpc) is 2.56. The highest BCUT2D eigenvalue weighted by molar-refractivity contribution is 7.49. The van der Waals surface area contributed by atoms with Gasteiger partial charge in [0.2, 0.25) is 0 Å². The van der Waals surface area contributed by atoms with E-state index in [1.165, 1.54) is 0 Å². The van der Waals surface area contributed by atoms with E-state index in [2.05, 4.69) is 48.6 Å². The molecule has 0 N–H and O–H groups in total. The minimum absolute atomic E-state index is 0.666. The molecule has 13 heavy (non-hydrogen) atoms. The van der Waals surface area contributed by atoms with E-state index in [4.69, 9.17) is 0 Å². The van der Waals surface area contributed by atoms with Crippen LogP contribution < -0.4 is 5.30 Å². The molecule has 1 aliphatic carbocycles. The van der Waals surface area contributed by atoms with Crippen LogP contribution in [-0.4, -0.2) is 5.66 Å². The van der Waals surface area contributed by atoms with Gasteiger partial charge in [0.05, 0.1) is 0 Å². The lowest BCUT2D eigenvalue weighted by molar-refractivity contribution is 0.892. The molecule has 3 unspecified atom stereocenters. The summed E-state index contributed by atoms with van der Waals surface area (Å²) in [7, 11) is 0.971. The molecule has 0 nitrogen and oxygen atoms in total. The van der Waals surface area contributed by atoms with Crippen LogP contribution in [-0.2, 0) is 0 Å². The minimum atomic E-state index is 0.666. The molecule has 0 saturated carbocycles. The number of allylic oxidation sites excluding steroid dienone is 4. The van der Waals surface area contributed by atoms with Gasteiger partial charge < -0.3 is 0 Å². The van der Waals surface area contributed by atoms with Crippen LogP contribution in [0.3, 0.4) is 0 Å². The molecule has 1 aliphatic heterocycles. The summed E-state index contributed by atoms with van der Waals surface area (Å²) in [5.74, 6) is 0.666. The molecule has 1 aromatic carbocycles. The highest BCUT2D eigenvalue weighted by atomic mass is 31.1. The maximum atomic E-state index is 2.35. The molecule has 0 amide bonds. The van der Waals surface area contributed by atoms with Crippen molar-refractivity contribution in [2.45, 2.75) is 11.6 Å². The van der Waals surface area contributed by atoms with Crippen LogP contribution in [0, 0.1) is 0 Å². The molecule has 0 saturated heterocycles. The van der Waals surface area contributed by atoms with Crippen LogP contribution >= 0.6 is 8.58 Å². The number of benzene rings is 1. The van der Waals surface area contributed by atoms with Crippen LogP contribution in [0.4, 0.5) is 0 Å². The minimum Gasteiger partial charge on any atom is -0.0821 e. The summed E-state index contributed by atoms with van der Waals surface area (Å²) >= 11 is 0. The first-order valence-corrected chi connectivity index (χ1v) is 5.73. The first-order chi connectivity index (χ1) is 6.45.